The summed E-state index contributed by atoms with van der Waals surface area (Å²) in [6.07, 6.45) is 1.99. The summed E-state index contributed by atoms with van der Waals surface area (Å²) < 4.78 is 7.68. The number of ether oxygens (including phenoxy) is 1. The Morgan fingerprint density at radius 1 is 1.10 bits per heavy atom. The first-order chi connectivity index (χ1) is 9.63. The molecule has 0 saturated heterocycles. The second kappa shape index (κ2) is 4.89. The summed E-state index contributed by atoms with van der Waals surface area (Å²) in [5, 5.41) is 0. The third-order valence-electron chi connectivity index (χ3n) is 3.06. The summed E-state index contributed by atoms with van der Waals surface area (Å²) in [7, 11) is 0. The standard InChI is InChI=1S/C16H17N3O/c1-11(2)20-14-6-4-13(5-7-14)19-10-18-15-9-12(17)3-8-16(15)19/h3-11H,17H2,1-2H3. The van der Waals surface area contributed by atoms with Gasteiger partial charge in [-0.2, -0.15) is 0 Å². The molecule has 0 spiro atoms. The molecule has 0 radical (unpaired) electrons. The number of fused-ring (bicyclic) bond motifs is 1. The van der Waals surface area contributed by atoms with E-state index >= 15 is 0 Å². The molecule has 0 saturated carbocycles. The van der Waals surface area contributed by atoms with Crippen LogP contribution in [-0.2, 0) is 0 Å². The molecule has 2 aromatic carbocycles. The van der Waals surface area contributed by atoms with E-state index in [1.807, 2.05) is 67.2 Å². The van der Waals surface area contributed by atoms with Crippen LogP contribution in [0.25, 0.3) is 16.7 Å². The van der Waals surface area contributed by atoms with Crippen molar-refractivity contribution >= 4 is 16.7 Å². The quantitative estimate of drug-likeness (QED) is 0.740. The maximum Gasteiger partial charge on any atom is 0.119 e. The number of hydrogen-bond donors (Lipinski definition) is 1. The van der Waals surface area contributed by atoms with Gasteiger partial charge in [0.2, 0.25) is 0 Å². The van der Waals surface area contributed by atoms with Gasteiger partial charge in [0.05, 0.1) is 17.1 Å². The fraction of sp³-hybridized carbons (Fsp3) is 0.188. The molecule has 0 aliphatic heterocycles. The maximum absolute atomic E-state index is 5.77. The molecule has 0 aliphatic rings. The van der Waals surface area contributed by atoms with Gasteiger partial charge in [0.15, 0.2) is 0 Å². The van der Waals surface area contributed by atoms with Crippen LogP contribution >= 0.6 is 0 Å². The topological polar surface area (TPSA) is 53.1 Å². The lowest BCUT2D eigenvalue weighted by molar-refractivity contribution is 0.242. The molecule has 0 unspecified atom stereocenters. The Labute approximate surface area is 117 Å². The van der Waals surface area contributed by atoms with Crippen molar-refractivity contribution in [1.82, 2.24) is 9.55 Å². The lowest BCUT2D eigenvalue weighted by Crippen LogP contribution is -2.05. The van der Waals surface area contributed by atoms with Gasteiger partial charge in [-0.15, -0.1) is 0 Å². The van der Waals surface area contributed by atoms with Crippen molar-refractivity contribution in [2.24, 2.45) is 0 Å². The van der Waals surface area contributed by atoms with E-state index in [-0.39, 0.29) is 6.10 Å². The van der Waals surface area contributed by atoms with Crippen LogP contribution < -0.4 is 10.5 Å². The van der Waals surface area contributed by atoms with Gasteiger partial charge >= 0.3 is 0 Å². The molecule has 2 N–H and O–H groups in total. The number of nitrogen functional groups attached to an aromatic ring is 1. The summed E-state index contributed by atoms with van der Waals surface area (Å²) >= 11 is 0. The number of rotatable bonds is 3. The predicted molar refractivity (Wildman–Crippen MR) is 81.2 cm³/mol. The van der Waals surface area contributed by atoms with Gasteiger partial charge in [0, 0.05) is 11.4 Å². The SMILES string of the molecule is CC(C)Oc1ccc(-n2cnc3cc(N)ccc32)cc1. The van der Waals surface area contributed by atoms with Crippen LogP contribution in [0.2, 0.25) is 0 Å². The number of nitrogens with two attached hydrogens (primary N) is 1. The summed E-state index contributed by atoms with van der Waals surface area (Å²) in [6, 6.07) is 13.7. The normalized spacial score (nSPS) is 11.2. The van der Waals surface area contributed by atoms with Crippen LogP contribution in [0.4, 0.5) is 5.69 Å². The molecule has 1 heterocycles. The first-order valence-electron chi connectivity index (χ1n) is 6.63. The highest BCUT2D eigenvalue weighted by molar-refractivity contribution is 5.80. The number of hydrogen-bond acceptors (Lipinski definition) is 3. The van der Waals surface area contributed by atoms with Gasteiger partial charge < -0.3 is 10.5 Å². The van der Waals surface area contributed by atoms with Gasteiger partial charge in [-0.1, -0.05) is 0 Å². The third kappa shape index (κ3) is 2.32. The lowest BCUT2D eigenvalue weighted by atomic mass is 10.2. The average Bonchev–Trinajstić information content (AvgIpc) is 2.82. The molecule has 102 valence electrons. The molecular formula is C16H17N3O. The predicted octanol–water partition coefficient (Wildman–Crippen LogP) is 3.39. The first-order valence-corrected chi connectivity index (χ1v) is 6.63. The Morgan fingerprint density at radius 3 is 2.55 bits per heavy atom. The van der Waals surface area contributed by atoms with Gasteiger partial charge in [0.1, 0.15) is 12.1 Å². The minimum Gasteiger partial charge on any atom is -0.491 e. The molecular weight excluding hydrogens is 250 g/mol. The zero-order chi connectivity index (χ0) is 14.1. The summed E-state index contributed by atoms with van der Waals surface area (Å²) in [5.41, 5.74) is 9.48. The summed E-state index contributed by atoms with van der Waals surface area (Å²) in [4.78, 5) is 4.38. The molecule has 3 rings (SSSR count). The lowest BCUT2D eigenvalue weighted by Gasteiger charge is -2.10. The van der Waals surface area contributed by atoms with Gasteiger partial charge in [0.25, 0.3) is 0 Å². The van der Waals surface area contributed by atoms with Crippen LogP contribution in [0, 0.1) is 0 Å². The van der Waals surface area contributed by atoms with Crippen molar-refractivity contribution in [3.05, 3.63) is 48.8 Å². The van der Waals surface area contributed by atoms with E-state index in [9.17, 15) is 0 Å². The number of nitrogens with zero attached hydrogens (tertiary/aromatic N) is 2. The first kappa shape index (κ1) is 12.5. The van der Waals surface area contributed by atoms with E-state index in [2.05, 4.69) is 4.98 Å². The van der Waals surface area contributed by atoms with E-state index in [4.69, 9.17) is 10.5 Å². The summed E-state index contributed by atoms with van der Waals surface area (Å²) in [6.45, 7) is 4.03. The fourth-order valence-electron chi connectivity index (χ4n) is 2.19. The zero-order valence-corrected chi connectivity index (χ0v) is 11.6. The zero-order valence-electron chi connectivity index (χ0n) is 11.6. The molecule has 0 amide bonds. The Balaban J connectivity index is 1.98. The Bertz CT molecular complexity index is 729. The van der Waals surface area contributed by atoms with E-state index in [0.717, 1.165) is 28.2 Å². The fourth-order valence-corrected chi connectivity index (χ4v) is 2.19. The number of benzene rings is 2. The van der Waals surface area contributed by atoms with Crippen LogP contribution in [0.5, 0.6) is 5.75 Å². The monoisotopic (exact) mass is 267 g/mol. The van der Waals surface area contributed by atoms with Crippen molar-refractivity contribution in [3.8, 4) is 11.4 Å². The van der Waals surface area contributed by atoms with Gasteiger partial charge in [-0.25, -0.2) is 4.98 Å². The highest BCUT2D eigenvalue weighted by Gasteiger charge is 2.05. The molecule has 0 fully saturated rings. The van der Waals surface area contributed by atoms with Crippen molar-refractivity contribution in [3.63, 3.8) is 0 Å². The largest absolute Gasteiger partial charge is 0.491 e. The molecule has 4 heteroatoms. The van der Waals surface area contributed by atoms with Crippen LogP contribution in [0.1, 0.15) is 13.8 Å². The Kier molecular flexibility index (Phi) is 3.06. The van der Waals surface area contributed by atoms with Crippen LogP contribution in [0.3, 0.4) is 0 Å². The molecule has 0 bridgehead atoms. The second-order valence-electron chi connectivity index (χ2n) is 5.02. The molecule has 20 heavy (non-hydrogen) atoms. The van der Waals surface area contributed by atoms with Gasteiger partial charge in [-0.05, 0) is 56.3 Å². The van der Waals surface area contributed by atoms with Crippen molar-refractivity contribution in [1.29, 1.82) is 0 Å². The third-order valence-corrected chi connectivity index (χ3v) is 3.06. The van der Waals surface area contributed by atoms with Gasteiger partial charge in [-0.3, -0.25) is 4.57 Å². The molecule has 0 aliphatic carbocycles. The highest BCUT2D eigenvalue weighted by Crippen LogP contribution is 2.22. The van der Waals surface area contributed by atoms with E-state index < -0.39 is 0 Å². The minimum absolute atomic E-state index is 0.179. The number of anilines is 1. The van der Waals surface area contributed by atoms with E-state index in [0.29, 0.717) is 0 Å². The number of aromatic nitrogens is 2. The van der Waals surface area contributed by atoms with E-state index in [1.54, 1.807) is 0 Å². The Hall–Kier alpha value is -2.49. The maximum atomic E-state index is 5.77. The highest BCUT2D eigenvalue weighted by atomic mass is 16.5. The minimum atomic E-state index is 0.179. The molecule has 0 atom stereocenters. The van der Waals surface area contributed by atoms with Crippen molar-refractivity contribution in [2.45, 2.75) is 20.0 Å². The second-order valence-corrected chi connectivity index (χ2v) is 5.02. The van der Waals surface area contributed by atoms with E-state index in [1.165, 1.54) is 0 Å². The van der Waals surface area contributed by atoms with Crippen molar-refractivity contribution < 1.29 is 4.74 Å². The Morgan fingerprint density at radius 2 is 1.85 bits per heavy atom. The number of imidazole rings is 1. The van der Waals surface area contributed by atoms with Crippen LogP contribution in [-0.4, -0.2) is 15.7 Å². The molecule has 1 aromatic heterocycles. The van der Waals surface area contributed by atoms with Crippen LogP contribution in [0.15, 0.2) is 48.8 Å². The smallest absolute Gasteiger partial charge is 0.119 e. The molecule has 4 nitrogen and oxygen atoms in total. The average molecular weight is 267 g/mol. The molecule has 3 aromatic rings. The van der Waals surface area contributed by atoms with Crippen molar-refractivity contribution in [2.75, 3.05) is 5.73 Å². The summed E-state index contributed by atoms with van der Waals surface area (Å²) in [5.74, 6) is 0.873.